The van der Waals surface area contributed by atoms with Crippen LogP contribution in [0.1, 0.15) is 32.6 Å². The first kappa shape index (κ1) is 8.97. The van der Waals surface area contributed by atoms with E-state index in [1.807, 2.05) is 0 Å². The van der Waals surface area contributed by atoms with Gasteiger partial charge in [-0.15, -0.1) is 0 Å². The molecule has 0 radical (unpaired) electrons. The van der Waals surface area contributed by atoms with Gasteiger partial charge >= 0.3 is 0 Å². The Kier molecular flexibility index (Phi) is 2.87. The largest absolute Gasteiger partial charge is 0.392 e. The zero-order chi connectivity index (χ0) is 8.32. The van der Waals surface area contributed by atoms with Crippen LogP contribution in [-0.2, 0) is 4.74 Å². The highest BCUT2D eigenvalue weighted by atomic mass is 16.5. The number of hydrogen-bond donors (Lipinski definition) is 2. The predicted molar refractivity (Wildman–Crippen MR) is 43.0 cm³/mol. The normalized spacial score (nSPS) is 37.9. The molecule has 0 aromatic carbocycles. The molecule has 3 N–H and O–H groups in total. The zero-order valence-electron chi connectivity index (χ0n) is 7.05. The molecule has 1 heterocycles. The lowest BCUT2D eigenvalue weighted by Gasteiger charge is -2.21. The van der Waals surface area contributed by atoms with Gasteiger partial charge in [-0.25, -0.2) is 0 Å². The maximum Gasteiger partial charge on any atom is 0.140 e. The van der Waals surface area contributed by atoms with Crippen LogP contribution in [0.3, 0.4) is 0 Å². The Morgan fingerprint density at radius 3 is 2.91 bits per heavy atom. The molecule has 1 saturated heterocycles. The van der Waals surface area contributed by atoms with Crippen LogP contribution in [0.2, 0.25) is 0 Å². The summed E-state index contributed by atoms with van der Waals surface area (Å²) in [7, 11) is 0. The number of rotatable bonds is 3. The third kappa shape index (κ3) is 2.15. The van der Waals surface area contributed by atoms with E-state index in [4.69, 9.17) is 15.6 Å². The van der Waals surface area contributed by atoms with Crippen molar-refractivity contribution in [3.63, 3.8) is 0 Å². The number of aliphatic hydroxyl groups excluding tert-OH is 1. The first-order chi connectivity index (χ1) is 5.20. The first-order valence-electron chi connectivity index (χ1n) is 4.28. The van der Waals surface area contributed by atoms with Crippen LogP contribution in [0, 0.1) is 0 Å². The van der Waals surface area contributed by atoms with Crippen molar-refractivity contribution in [1.29, 1.82) is 0 Å². The van der Waals surface area contributed by atoms with E-state index in [2.05, 4.69) is 6.92 Å². The van der Waals surface area contributed by atoms with Gasteiger partial charge in [0.15, 0.2) is 0 Å². The van der Waals surface area contributed by atoms with Gasteiger partial charge in [0.2, 0.25) is 0 Å². The van der Waals surface area contributed by atoms with Crippen LogP contribution in [0.5, 0.6) is 0 Å². The molecule has 11 heavy (non-hydrogen) atoms. The van der Waals surface area contributed by atoms with Crippen molar-refractivity contribution in [2.75, 3.05) is 6.61 Å². The first-order valence-corrected chi connectivity index (χ1v) is 4.28. The summed E-state index contributed by atoms with van der Waals surface area (Å²) in [5.41, 5.74) is 4.97. The van der Waals surface area contributed by atoms with Crippen LogP contribution in [0.25, 0.3) is 0 Å². The summed E-state index contributed by atoms with van der Waals surface area (Å²) in [5.74, 6) is 0. The highest BCUT2D eigenvalue weighted by Gasteiger charge is 2.35. The third-order valence-electron chi connectivity index (χ3n) is 2.17. The molecule has 0 spiro atoms. The molecule has 0 aromatic heterocycles. The molecule has 1 unspecified atom stereocenters. The molecule has 3 heteroatoms. The molecule has 66 valence electrons. The molecule has 0 bridgehead atoms. The summed E-state index contributed by atoms with van der Waals surface area (Å²) in [6.07, 6.45) is 4.22. The fourth-order valence-corrected chi connectivity index (χ4v) is 1.50. The monoisotopic (exact) mass is 159 g/mol. The Bertz CT molecular complexity index is 129. The maximum atomic E-state index is 8.86. The minimum absolute atomic E-state index is 0.0623. The summed E-state index contributed by atoms with van der Waals surface area (Å²) in [6, 6.07) is 0. The molecule has 0 aromatic rings. The lowest BCUT2D eigenvalue weighted by Crippen LogP contribution is -2.43. The van der Waals surface area contributed by atoms with Crippen molar-refractivity contribution in [3.8, 4) is 0 Å². The Balaban J connectivity index is 2.33. The van der Waals surface area contributed by atoms with Crippen LogP contribution in [-0.4, -0.2) is 23.5 Å². The maximum absolute atomic E-state index is 8.86. The average molecular weight is 159 g/mol. The Morgan fingerprint density at radius 1 is 1.73 bits per heavy atom. The quantitative estimate of drug-likeness (QED) is 0.634. The Labute approximate surface area is 67.5 Å². The van der Waals surface area contributed by atoms with Crippen molar-refractivity contribution in [2.45, 2.75) is 44.4 Å². The minimum Gasteiger partial charge on any atom is -0.392 e. The Hall–Kier alpha value is -0.120. The van der Waals surface area contributed by atoms with E-state index in [0.29, 0.717) is 0 Å². The van der Waals surface area contributed by atoms with Crippen molar-refractivity contribution >= 4 is 0 Å². The van der Waals surface area contributed by atoms with E-state index in [9.17, 15) is 0 Å². The fraction of sp³-hybridized carbons (Fsp3) is 1.00. The van der Waals surface area contributed by atoms with E-state index in [1.165, 1.54) is 0 Å². The van der Waals surface area contributed by atoms with Crippen molar-refractivity contribution in [3.05, 3.63) is 0 Å². The highest BCUT2D eigenvalue weighted by Crippen LogP contribution is 2.27. The molecular formula is C8H17NO2. The SMILES string of the molecule is CCCC1CC[C@@](N)(CO)O1. The summed E-state index contributed by atoms with van der Waals surface area (Å²) >= 11 is 0. The molecule has 1 aliphatic heterocycles. The summed E-state index contributed by atoms with van der Waals surface area (Å²) in [5, 5.41) is 8.86. The summed E-state index contributed by atoms with van der Waals surface area (Å²) < 4.78 is 5.47. The van der Waals surface area contributed by atoms with Gasteiger partial charge in [-0.3, -0.25) is 0 Å². The average Bonchev–Trinajstić information content (AvgIpc) is 2.35. The number of aliphatic hydroxyl groups is 1. The van der Waals surface area contributed by atoms with Crippen LogP contribution >= 0.6 is 0 Å². The number of nitrogens with two attached hydrogens (primary N) is 1. The third-order valence-corrected chi connectivity index (χ3v) is 2.17. The topological polar surface area (TPSA) is 55.5 Å². The van der Waals surface area contributed by atoms with Crippen LogP contribution < -0.4 is 5.73 Å². The molecular weight excluding hydrogens is 142 g/mol. The molecule has 1 fully saturated rings. The van der Waals surface area contributed by atoms with Gasteiger partial charge in [0.1, 0.15) is 5.72 Å². The van der Waals surface area contributed by atoms with E-state index >= 15 is 0 Å². The second kappa shape index (κ2) is 3.52. The van der Waals surface area contributed by atoms with E-state index in [0.717, 1.165) is 25.7 Å². The van der Waals surface area contributed by atoms with E-state index in [1.54, 1.807) is 0 Å². The standard InChI is InChI=1S/C8H17NO2/c1-2-3-7-4-5-8(9,6-10)11-7/h7,10H,2-6,9H2,1H3/t7?,8-/m0/s1. The zero-order valence-corrected chi connectivity index (χ0v) is 7.05. The van der Waals surface area contributed by atoms with Gasteiger partial charge in [0.25, 0.3) is 0 Å². The second-order valence-corrected chi connectivity index (χ2v) is 3.29. The van der Waals surface area contributed by atoms with Crippen LogP contribution in [0.4, 0.5) is 0 Å². The van der Waals surface area contributed by atoms with Crippen molar-refractivity contribution in [2.24, 2.45) is 5.73 Å². The van der Waals surface area contributed by atoms with Gasteiger partial charge in [-0.2, -0.15) is 0 Å². The minimum atomic E-state index is -0.736. The lowest BCUT2D eigenvalue weighted by atomic mass is 10.1. The van der Waals surface area contributed by atoms with Crippen molar-refractivity contribution < 1.29 is 9.84 Å². The smallest absolute Gasteiger partial charge is 0.140 e. The van der Waals surface area contributed by atoms with Gasteiger partial charge in [0.05, 0.1) is 12.7 Å². The molecule has 3 nitrogen and oxygen atoms in total. The second-order valence-electron chi connectivity index (χ2n) is 3.29. The molecule has 2 atom stereocenters. The van der Waals surface area contributed by atoms with E-state index in [-0.39, 0.29) is 12.7 Å². The molecule has 0 amide bonds. The van der Waals surface area contributed by atoms with Gasteiger partial charge in [-0.1, -0.05) is 13.3 Å². The van der Waals surface area contributed by atoms with Gasteiger partial charge in [-0.05, 0) is 19.3 Å². The van der Waals surface area contributed by atoms with Gasteiger partial charge in [0, 0.05) is 0 Å². The van der Waals surface area contributed by atoms with Gasteiger partial charge < -0.3 is 15.6 Å². The number of ether oxygens (including phenoxy) is 1. The Morgan fingerprint density at radius 2 is 2.45 bits per heavy atom. The molecule has 1 rings (SSSR count). The fourth-order valence-electron chi connectivity index (χ4n) is 1.50. The predicted octanol–water partition coefficient (Wildman–Crippen LogP) is 0.613. The van der Waals surface area contributed by atoms with Crippen LogP contribution in [0.15, 0.2) is 0 Å². The summed E-state index contributed by atoms with van der Waals surface area (Å²) in [4.78, 5) is 0. The number of hydrogen-bond acceptors (Lipinski definition) is 3. The lowest BCUT2D eigenvalue weighted by molar-refractivity contribution is -0.0709. The van der Waals surface area contributed by atoms with E-state index < -0.39 is 5.72 Å². The molecule has 1 aliphatic rings. The molecule has 0 saturated carbocycles. The molecule has 0 aliphatic carbocycles. The van der Waals surface area contributed by atoms with Crippen molar-refractivity contribution in [1.82, 2.24) is 0 Å². The summed E-state index contributed by atoms with van der Waals surface area (Å²) in [6.45, 7) is 2.06. The highest BCUT2D eigenvalue weighted by molar-refractivity contribution is 4.82.